The van der Waals surface area contributed by atoms with Gasteiger partial charge in [-0.2, -0.15) is 8.42 Å². The molecule has 7 heteroatoms. The van der Waals surface area contributed by atoms with E-state index in [-0.39, 0.29) is 9.36 Å². The number of carbonyl (C=O) groups is 1. The molecule has 0 spiro atoms. The number of hydrogen-bond donors (Lipinski definition) is 1. The van der Waals surface area contributed by atoms with Crippen LogP contribution in [0.1, 0.15) is 0 Å². The van der Waals surface area contributed by atoms with Gasteiger partial charge in [-0.3, -0.25) is 4.84 Å². The van der Waals surface area contributed by atoms with E-state index in [0.717, 1.165) is 18.2 Å². The van der Waals surface area contributed by atoms with Crippen LogP contribution in [0.15, 0.2) is 59.5 Å². The Hall–Kier alpha value is -2.38. The number of carboxylic acid groups (broad SMARTS) is 1. The van der Waals surface area contributed by atoms with Crippen LogP contribution in [0.4, 0.5) is 4.79 Å². The van der Waals surface area contributed by atoms with E-state index in [2.05, 4.69) is 4.84 Å². The van der Waals surface area contributed by atoms with E-state index >= 15 is 0 Å². The second-order valence-electron chi connectivity index (χ2n) is 4.09. The van der Waals surface area contributed by atoms with Gasteiger partial charge in [0.25, 0.3) is 10.0 Å². The maximum atomic E-state index is 12.1. The molecule has 0 heterocycles. The van der Waals surface area contributed by atoms with Gasteiger partial charge >= 0.3 is 6.09 Å². The summed E-state index contributed by atoms with van der Waals surface area (Å²) in [6.45, 7) is 0. The summed E-state index contributed by atoms with van der Waals surface area (Å²) in [6.07, 6.45) is -1.70. The van der Waals surface area contributed by atoms with Crippen molar-refractivity contribution in [3.8, 4) is 11.1 Å². The van der Waals surface area contributed by atoms with Crippen molar-refractivity contribution in [1.29, 1.82) is 0 Å². The largest absolute Gasteiger partial charge is 0.463 e. The van der Waals surface area contributed by atoms with Crippen molar-refractivity contribution in [2.75, 3.05) is 7.11 Å². The zero-order valence-corrected chi connectivity index (χ0v) is 11.9. The number of benzene rings is 2. The Kier molecular flexibility index (Phi) is 4.25. The average Bonchev–Trinajstić information content (AvgIpc) is 2.48. The van der Waals surface area contributed by atoms with Crippen LogP contribution in [0.25, 0.3) is 11.1 Å². The highest BCUT2D eigenvalue weighted by Gasteiger charge is 2.29. The van der Waals surface area contributed by atoms with Crippen molar-refractivity contribution in [1.82, 2.24) is 4.47 Å². The van der Waals surface area contributed by atoms with Crippen molar-refractivity contribution < 1.29 is 23.2 Å². The van der Waals surface area contributed by atoms with Crippen molar-refractivity contribution in [2.24, 2.45) is 0 Å². The highest BCUT2D eigenvalue weighted by Crippen LogP contribution is 2.22. The van der Waals surface area contributed by atoms with Crippen LogP contribution in [-0.2, 0) is 14.9 Å². The number of nitrogens with zero attached hydrogens (tertiary/aromatic N) is 1. The minimum atomic E-state index is -4.24. The van der Waals surface area contributed by atoms with Gasteiger partial charge in [0, 0.05) is 0 Å². The number of sulfonamides is 1. The zero-order chi connectivity index (χ0) is 15.5. The molecule has 1 amide bonds. The van der Waals surface area contributed by atoms with Crippen molar-refractivity contribution in [3.63, 3.8) is 0 Å². The summed E-state index contributed by atoms with van der Waals surface area (Å²) >= 11 is 0. The zero-order valence-electron chi connectivity index (χ0n) is 11.1. The minimum Gasteiger partial charge on any atom is -0.463 e. The van der Waals surface area contributed by atoms with Gasteiger partial charge in [-0.15, -0.1) is 0 Å². The summed E-state index contributed by atoms with van der Waals surface area (Å²) < 4.78 is 24.1. The lowest BCUT2D eigenvalue weighted by Crippen LogP contribution is -2.34. The first kappa shape index (κ1) is 15.0. The Balaban J connectivity index is 2.37. The number of rotatable bonds is 4. The standard InChI is InChI=1S/C14H13NO5S/c1-20-15(14(16)17)21(18,19)13-9-7-12(8-10-13)11-5-3-2-4-6-11/h2-10H,1H3,(H,16,17). The van der Waals surface area contributed by atoms with Crippen LogP contribution < -0.4 is 0 Å². The molecular formula is C14H13NO5S. The van der Waals surface area contributed by atoms with E-state index in [9.17, 15) is 13.2 Å². The maximum Gasteiger partial charge on any atom is 0.446 e. The molecule has 2 rings (SSSR count). The summed E-state index contributed by atoms with van der Waals surface area (Å²) in [5.74, 6) is 0. The molecule has 0 saturated heterocycles. The lowest BCUT2D eigenvalue weighted by atomic mass is 10.1. The first-order chi connectivity index (χ1) is 9.96. The maximum absolute atomic E-state index is 12.1. The van der Waals surface area contributed by atoms with Crippen molar-refractivity contribution in [2.45, 2.75) is 4.90 Å². The Bertz CT molecular complexity index is 726. The van der Waals surface area contributed by atoms with Crippen LogP contribution in [0.5, 0.6) is 0 Å². The summed E-state index contributed by atoms with van der Waals surface area (Å²) in [4.78, 5) is 15.1. The average molecular weight is 307 g/mol. The minimum absolute atomic E-state index is 0.0788. The Morgan fingerprint density at radius 3 is 2.00 bits per heavy atom. The van der Waals surface area contributed by atoms with Crippen LogP contribution in [0.2, 0.25) is 0 Å². The molecule has 110 valence electrons. The summed E-state index contributed by atoms with van der Waals surface area (Å²) in [6, 6.07) is 15.3. The Morgan fingerprint density at radius 1 is 1.00 bits per heavy atom. The summed E-state index contributed by atoms with van der Waals surface area (Å²) in [5.41, 5.74) is 1.76. The molecule has 0 aliphatic carbocycles. The highest BCUT2D eigenvalue weighted by molar-refractivity contribution is 7.89. The molecule has 0 atom stereocenters. The second kappa shape index (κ2) is 5.94. The van der Waals surface area contributed by atoms with E-state index in [4.69, 9.17) is 5.11 Å². The van der Waals surface area contributed by atoms with Gasteiger partial charge in [0.05, 0.1) is 12.0 Å². The third-order valence-corrected chi connectivity index (χ3v) is 4.41. The second-order valence-corrected chi connectivity index (χ2v) is 5.84. The molecule has 0 aliphatic rings. The lowest BCUT2D eigenvalue weighted by Gasteiger charge is -2.15. The summed E-state index contributed by atoms with van der Waals surface area (Å²) in [5, 5.41) is 8.82. The third kappa shape index (κ3) is 3.04. The van der Waals surface area contributed by atoms with Crippen molar-refractivity contribution >= 4 is 16.1 Å². The molecule has 0 saturated carbocycles. The van der Waals surface area contributed by atoms with Gasteiger partial charge in [0.2, 0.25) is 0 Å². The first-order valence-corrected chi connectivity index (χ1v) is 7.38. The molecule has 2 aromatic carbocycles. The third-order valence-electron chi connectivity index (χ3n) is 2.80. The van der Waals surface area contributed by atoms with E-state index < -0.39 is 16.1 Å². The monoisotopic (exact) mass is 307 g/mol. The fraction of sp³-hybridized carbons (Fsp3) is 0.0714. The first-order valence-electron chi connectivity index (χ1n) is 5.94. The Morgan fingerprint density at radius 2 is 1.52 bits per heavy atom. The van der Waals surface area contributed by atoms with Gasteiger partial charge in [-0.25, -0.2) is 4.79 Å². The molecule has 1 N–H and O–H groups in total. The number of hydroxylamine groups is 1. The van der Waals surface area contributed by atoms with Gasteiger partial charge in [-0.05, 0) is 23.3 Å². The van der Waals surface area contributed by atoms with Crippen LogP contribution in [-0.4, -0.2) is 31.2 Å². The van der Waals surface area contributed by atoms with Gasteiger partial charge in [0.15, 0.2) is 0 Å². The number of amides is 1. The van der Waals surface area contributed by atoms with Crippen LogP contribution in [0.3, 0.4) is 0 Å². The predicted octanol–water partition coefficient (Wildman–Crippen LogP) is 2.58. The van der Waals surface area contributed by atoms with Gasteiger partial charge in [-0.1, -0.05) is 46.9 Å². The normalized spacial score (nSPS) is 11.1. The van der Waals surface area contributed by atoms with E-state index in [0.29, 0.717) is 0 Å². The molecule has 0 radical (unpaired) electrons. The SMILES string of the molecule is CON(C(=O)O)S(=O)(=O)c1ccc(-c2ccccc2)cc1. The summed E-state index contributed by atoms with van der Waals surface area (Å²) in [7, 11) is -3.26. The van der Waals surface area contributed by atoms with E-state index in [1.165, 1.54) is 12.1 Å². The molecule has 21 heavy (non-hydrogen) atoms. The fourth-order valence-corrected chi connectivity index (χ4v) is 2.90. The smallest absolute Gasteiger partial charge is 0.446 e. The Labute approximate surface area is 122 Å². The molecule has 2 aromatic rings. The quantitative estimate of drug-likeness (QED) is 0.878. The molecule has 0 bridgehead atoms. The van der Waals surface area contributed by atoms with Crippen LogP contribution >= 0.6 is 0 Å². The molecule has 0 aliphatic heterocycles. The molecular weight excluding hydrogens is 294 g/mol. The molecule has 0 aromatic heterocycles. The van der Waals surface area contributed by atoms with Gasteiger partial charge in [0.1, 0.15) is 0 Å². The van der Waals surface area contributed by atoms with Crippen molar-refractivity contribution in [3.05, 3.63) is 54.6 Å². The highest BCUT2D eigenvalue weighted by atomic mass is 32.2. The van der Waals surface area contributed by atoms with E-state index in [1.807, 2.05) is 30.3 Å². The van der Waals surface area contributed by atoms with Crippen LogP contribution in [0, 0.1) is 0 Å². The van der Waals surface area contributed by atoms with Gasteiger partial charge < -0.3 is 5.11 Å². The fourth-order valence-electron chi connectivity index (χ4n) is 1.82. The lowest BCUT2D eigenvalue weighted by molar-refractivity contribution is -0.0301. The molecule has 6 nitrogen and oxygen atoms in total. The van der Waals surface area contributed by atoms with E-state index in [1.54, 1.807) is 12.1 Å². The topological polar surface area (TPSA) is 83.9 Å². The molecule has 0 fully saturated rings. The molecule has 0 unspecified atom stereocenters. The predicted molar refractivity (Wildman–Crippen MR) is 75.9 cm³/mol. The number of hydrogen-bond acceptors (Lipinski definition) is 4.